The number of carbonyl (C=O) groups is 1. The van der Waals surface area contributed by atoms with Crippen molar-refractivity contribution in [3.8, 4) is 11.5 Å². The zero-order valence-corrected chi connectivity index (χ0v) is 15.4. The van der Waals surface area contributed by atoms with Gasteiger partial charge in [-0.2, -0.15) is 0 Å². The van der Waals surface area contributed by atoms with Gasteiger partial charge in [-0.15, -0.1) is 0 Å². The highest BCUT2D eigenvalue weighted by molar-refractivity contribution is 6.30. The number of ketones is 1. The number of benzene rings is 2. The molecule has 0 amide bonds. The van der Waals surface area contributed by atoms with Crippen molar-refractivity contribution in [2.45, 2.75) is 32.6 Å². The van der Waals surface area contributed by atoms with Crippen LogP contribution in [0.2, 0.25) is 5.02 Å². The number of hydrogen-bond donors (Lipinski definition) is 1. The summed E-state index contributed by atoms with van der Waals surface area (Å²) >= 11 is 5.92. The molecule has 0 aliphatic heterocycles. The van der Waals surface area contributed by atoms with Gasteiger partial charge in [-0.25, -0.2) is 0 Å². The van der Waals surface area contributed by atoms with Gasteiger partial charge < -0.3 is 9.84 Å². The molecule has 0 radical (unpaired) electrons. The third-order valence-corrected chi connectivity index (χ3v) is 5.73. The Balaban J connectivity index is 1.74. The fourth-order valence-corrected chi connectivity index (χ4v) is 4.20. The summed E-state index contributed by atoms with van der Waals surface area (Å²) in [5, 5.41) is 11.4. The molecule has 3 nitrogen and oxygen atoms in total. The number of Topliss-reactive ketones (excluding diaryl/α,β-unsaturated/α-hetero) is 1. The largest absolute Gasteiger partial charge is 0.511 e. The first-order valence-corrected chi connectivity index (χ1v) is 9.48. The lowest BCUT2D eigenvalue weighted by atomic mass is 9.81. The first-order valence-electron chi connectivity index (χ1n) is 9.11. The number of aliphatic hydroxyl groups is 1. The third kappa shape index (κ3) is 3.01. The molecule has 4 rings (SSSR count). The topological polar surface area (TPSA) is 46.5 Å². The van der Waals surface area contributed by atoms with Gasteiger partial charge in [0, 0.05) is 16.9 Å². The van der Waals surface area contributed by atoms with E-state index in [0.29, 0.717) is 22.1 Å². The summed E-state index contributed by atoms with van der Waals surface area (Å²) in [6.07, 6.45) is 3.35. The van der Waals surface area contributed by atoms with Crippen molar-refractivity contribution < 1.29 is 14.6 Å². The smallest absolute Gasteiger partial charge is 0.169 e. The second-order valence-electron chi connectivity index (χ2n) is 7.06. The quantitative estimate of drug-likeness (QED) is 0.723. The molecule has 0 heterocycles. The van der Waals surface area contributed by atoms with Crippen molar-refractivity contribution in [2.24, 2.45) is 11.8 Å². The molecule has 2 aromatic rings. The number of ether oxygens (including phenoxy) is 1. The second kappa shape index (κ2) is 6.81. The Hall–Kier alpha value is -2.26. The highest BCUT2D eigenvalue weighted by atomic mass is 35.5. The van der Waals surface area contributed by atoms with Gasteiger partial charge in [0.15, 0.2) is 5.78 Å². The van der Waals surface area contributed by atoms with Crippen molar-refractivity contribution in [1.29, 1.82) is 0 Å². The predicted octanol–water partition coefficient (Wildman–Crippen LogP) is 5.96. The molecular formula is C22H21ClO3. The van der Waals surface area contributed by atoms with E-state index in [-0.39, 0.29) is 23.4 Å². The van der Waals surface area contributed by atoms with Crippen molar-refractivity contribution in [2.75, 3.05) is 0 Å². The lowest BCUT2D eigenvalue weighted by molar-refractivity contribution is -0.117. The molecule has 1 saturated carbocycles. The monoisotopic (exact) mass is 368 g/mol. The van der Waals surface area contributed by atoms with Gasteiger partial charge in [0.25, 0.3) is 0 Å². The number of aryl methyl sites for hydroxylation is 1. The summed E-state index contributed by atoms with van der Waals surface area (Å²) in [7, 11) is 0. The van der Waals surface area contributed by atoms with E-state index in [1.807, 2.05) is 18.2 Å². The van der Waals surface area contributed by atoms with Crippen LogP contribution in [0.3, 0.4) is 0 Å². The lowest BCUT2D eigenvalue weighted by Gasteiger charge is -2.23. The van der Waals surface area contributed by atoms with Crippen LogP contribution in [0.25, 0.3) is 5.57 Å². The molecule has 0 aromatic heterocycles. The Morgan fingerprint density at radius 1 is 1.08 bits per heavy atom. The standard InChI is InChI=1S/C22H21ClO3/c1-2-13-5-8-18(26-17-9-6-16(23)7-10-17)12-19(13)20-21(24)14-3-4-15(11-14)22(20)25/h5-10,12,14-15,24H,2-4,11H2,1H3/t14-,15+/m0/s1. The normalized spacial score (nSPS) is 22.0. The van der Waals surface area contributed by atoms with Gasteiger partial charge in [0.05, 0.1) is 5.57 Å². The Bertz CT molecular complexity index is 883. The summed E-state index contributed by atoms with van der Waals surface area (Å²) in [4.78, 5) is 12.9. The molecule has 0 unspecified atom stereocenters. The fourth-order valence-electron chi connectivity index (χ4n) is 4.07. The van der Waals surface area contributed by atoms with Crippen molar-refractivity contribution in [3.63, 3.8) is 0 Å². The summed E-state index contributed by atoms with van der Waals surface area (Å²) in [5.74, 6) is 1.84. The summed E-state index contributed by atoms with van der Waals surface area (Å²) < 4.78 is 5.93. The number of aliphatic hydroxyl groups excluding tert-OH is 1. The minimum absolute atomic E-state index is 0.0523. The van der Waals surface area contributed by atoms with E-state index in [4.69, 9.17) is 16.3 Å². The maximum Gasteiger partial charge on any atom is 0.169 e. The van der Waals surface area contributed by atoms with Gasteiger partial charge in [-0.1, -0.05) is 24.6 Å². The Labute approximate surface area is 158 Å². The molecule has 26 heavy (non-hydrogen) atoms. The molecule has 4 heteroatoms. The Morgan fingerprint density at radius 3 is 2.50 bits per heavy atom. The molecule has 2 atom stereocenters. The molecule has 0 saturated heterocycles. The Morgan fingerprint density at radius 2 is 1.77 bits per heavy atom. The van der Waals surface area contributed by atoms with Crippen molar-refractivity contribution >= 4 is 23.0 Å². The zero-order chi connectivity index (χ0) is 18.3. The van der Waals surface area contributed by atoms with Crippen LogP contribution in [0, 0.1) is 11.8 Å². The zero-order valence-electron chi connectivity index (χ0n) is 14.7. The van der Waals surface area contributed by atoms with E-state index in [2.05, 4.69) is 6.92 Å². The highest BCUT2D eigenvalue weighted by Crippen LogP contribution is 2.46. The molecular weight excluding hydrogens is 348 g/mol. The molecule has 1 fully saturated rings. The number of hydrogen-bond acceptors (Lipinski definition) is 3. The number of fused-ring (bicyclic) bond motifs is 2. The lowest BCUT2D eigenvalue weighted by Crippen LogP contribution is -2.21. The van der Waals surface area contributed by atoms with E-state index in [9.17, 15) is 9.90 Å². The van der Waals surface area contributed by atoms with Gasteiger partial charge in [-0.3, -0.25) is 4.79 Å². The molecule has 2 aliphatic carbocycles. The second-order valence-corrected chi connectivity index (χ2v) is 7.50. The van der Waals surface area contributed by atoms with E-state index in [1.165, 1.54) is 0 Å². The van der Waals surface area contributed by atoms with Crippen molar-refractivity contribution in [3.05, 3.63) is 64.4 Å². The molecule has 2 aliphatic rings. The van der Waals surface area contributed by atoms with Crippen LogP contribution in [-0.4, -0.2) is 10.9 Å². The van der Waals surface area contributed by atoms with Crippen LogP contribution >= 0.6 is 11.6 Å². The van der Waals surface area contributed by atoms with Crippen LogP contribution in [0.5, 0.6) is 11.5 Å². The highest BCUT2D eigenvalue weighted by Gasteiger charge is 2.41. The summed E-state index contributed by atoms with van der Waals surface area (Å²) in [6, 6.07) is 12.9. The predicted molar refractivity (Wildman–Crippen MR) is 103 cm³/mol. The molecule has 2 aromatic carbocycles. The summed E-state index contributed by atoms with van der Waals surface area (Å²) in [5.41, 5.74) is 2.35. The molecule has 2 bridgehead atoms. The number of carbonyl (C=O) groups excluding carboxylic acids is 1. The Kier molecular flexibility index (Phi) is 4.49. The maximum atomic E-state index is 12.9. The first-order chi connectivity index (χ1) is 12.6. The third-order valence-electron chi connectivity index (χ3n) is 5.47. The van der Waals surface area contributed by atoms with Crippen LogP contribution in [0.15, 0.2) is 48.2 Å². The maximum absolute atomic E-state index is 12.9. The van der Waals surface area contributed by atoms with E-state index in [1.54, 1.807) is 24.3 Å². The minimum atomic E-state index is 0.0523. The van der Waals surface area contributed by atoms with Gasteiger partial charge in [0.1, 0.15) is 17.3 Å². The number of rotatable bonds is 4. The molecule has 1 N–H and O–H groups in total. The van der Waals surface area contributed by atoms with E-state index in [0.717, 1.165) is 36.8 Å². The van der Waals surface area contributed by atoms with Gasteiger partial charge in [0.2, 0.25) is 0 Å². The molecule has 134 valence electrons. The van der Waals surface area contributed by atoms with E-state index >= 15 is 0 Å². The van der Waals surface area contributed by atoms with Crippen LogP contribution in [-0.2, 0) is 11.2 Å². The average Bonchev–Trinajstić information content (AvgIpc) is 3.10. The summed E-state index contributed by atoms with van der Waals surface area (Å²) in [6.45, 7) is 2.05. The van der Waals surface area contributed by atoms with Gasteiger partial charge in [-0.05, 0) is 73.2 Å². The van der Waals surface area contributed by atoms with Crippen LogP contribution in [0.1, 0.15) is 37.3 Å². The minimum Gasteiger partial charge on any atom is -0.511 e. The molecule has 0 spiro atoms. The van der Waals surface area contributed by atoms with E-state index < -0.39 is 0 Å². The van der Waals surface area contributed by atoms with Gasteiger partial charge >= 0.3 is 0 Å². The van der Waals surface area contributed by atoms with Crippen LogP contribution in [0.4, 0.5) is 0 Å². The number of halogens is 1. The number of allylic oxidation sites excluding steroid dienone is 2. The van der Waals surface area contributed by atoms with Crippen LogP contribution < -0.4 is 4.74 Å². The fraction of sp³-hybridized carbons (Fsp3) is 0.318. The van der Waals surface area contributed by atoms with Crippen molar-refractivity contribution in [1.82, 2.24) is 0 Å². The first kappa shape index (κ1) is 17.2. The average molecular weight is 369 g/mol. The SMILES string of the molecule is CCc1ccc(Oc2ccc(Cl)cc2)cc1C1=C(O)[C@H]2CC[C@H](C2)C1=O.